The van der Waals surface area contributed by atoms with Crippen molar-refractivity contribution in [1.82, 2.24) is 0 Å². The highest BCUT2D eigenvalue weighted by Crippen LogP contribution is 2.20. The maximum Gasteiger partial charge on any atom is 0.310 e. The third kappa shape index (κ3) is 3.34. The number of rotatable bonds is 4. The Morgan fingerprint density at radius 1 is 1.38 bits per heavy atom. The number of sulfone groups is 1. The van der Waals surface area contributed by atoms with E-state index in [0.29, 0.717) is 0 Å². The number of hydrogen-bond acceptors (Lipinski definition) is 3. The Hall–Kier alpha value is -0.580. The summed E-state index contributed by atoms with van der Waals surface area (Å²) >= 11 is 0. The molecule has 0 aliphatic carbocycles. The molecule has 1 N–H and O–H groups in total. The molecule has 0 fully saturated rings. The van der Waals surface area contributed by atoms with Gasteiger partial charge in [-0.1, -0.05) is 0 Å². The minimum absolute atomic E-state index is 0.313. The van der Waals surface area contributed by atoms with Crippen molar-refractivity contribution in [2.75, 3.05) is 5.75 Å². The average molecular weight is 208 g/mol. The molecule has 0 aromatic heterocycles. The van der Waals surface area contributed by atoms with E-state index in [-0.39, 0.29) is 5.75 Å². The molecule has 0 unspecified atom stereocenters. The van der Waals surface area contributed by atoms with Gasteiger partial charge in [-0.3, -0.25) is 4.79 Å². The lowest BCUT2D eigenvalue weighted by Gasteiger charge is -2.20. The van der Waals surface area contributed by atoms with Crippen LogP contribution in [-0.2, 0) is 14.6 Å². The molecule has 0 radical (unpaired) electrons. The first kappa shape index (κ1) is 12.4. The topological polar surface area (TPSA) is 71.4 Å². The molecule has 13 heavy (non-hydrogen) atoms. The third-order valence-electron chi connectivity index (χ3n) is 1.86. The first-order chi connectivity index (χ1) is 5.59. The summed E-state index contributed by atoms with van der Waals surface area (Å²) in [5.41, 5.74) is -1.21. The van der Waals surface area contributed by atoms with Crippen molar-refractivity contribution in [3.63, 3.8) is 0 Å². The zero-order valence-corrected chi connectivity index (χ0v) is 9.18. The smallest absolute Gasteiger partial charge is 0.310 e. The highest BCUT2D eigenvalue weighted by atomic mass is 32.2. The highest BCUT2D eigenvalue weighted by Gasteiger charge is 2.34. The lowest BCUT2D eigenvalue weighted by atomic mass is 9.97. The first-order valence-corrected chi connectivity index (χ1v) is 5.76. The lowest BCUT2D eigenvalue weighted by molar-refractivity contribution is -0.145. The Balaban J connectivity index is 4.73. The molecule has 0 bridgehead atoms. The summed E-state index contributed by atoms with van der Waals surface area (Å²) in [6, 6.07) is 0. The monoisotopic (exact) mass is 208 g/mol. The summed E-state index contributed by atoms with van der Waals surface area (Å²) in [5.74, 6) is -1.40. The highest BCUT2D eigenvalue weighted by molar-refractivity contribution is 7.92. The van der Waals surface area contributed by atoms with Crippen LogP contribution in [0.15, 0.2) is 0 Å². The van der Waals surface area contributed by atoms with Crippen LogP contribution < -0.4 is 0 Å². The number of carbonyl (C=O) groups is 1. The third-order valence-corrected chi connectivity index (χ3v) is 4.42. The number of hydrogen-bond donors (Lipinski definition) is 1. The van der Waals surface area contributed by atoms with Gasteiger partial charge in [-0.15, -0.1) is 0 Å². The van der Waals surface area contributed by atoms with Crippen LogP contribution in [0.4, 0.5) is 0 Å². The van der Waals surface area contributed by atoms with Gasteiger partial charge < -0.3 is 5.11 Å². The number of carboxylic acids is 1. The van der Waals surface area contributed by atoms with E-state index in [1.165, 1.54) is 13.8 Å². The van der Waals surface area contributed by atoms with Crippen LogP contribution in [0.25, 0.3) is 0 Å². The zero-order chi connectivity index (χ0) is 10.9. The molecule has 5 heteroatoms. The van der Waals surface area contributed by atoms with Crippen molar-refractivity contribution in [2.45, 2.75) is 32.9 Å². The van der Waals surface area contributed by atoms with Crippen LogP contribution in [0.1, 0.15) is 27.7 Å². The molecule has 0 aromatic rings. The van der Waals surface area contributed by atoms with E-state index < -0.39 is 26.5 Å². The quantitative estimate of drug-likeness (QED) is 0.745. The van der Waals surface area contributed by atoms with E-state index in [2.05, 4.69) is 0 Å². The van der Waals surface area contributed by atoms with Gasteiger partial charge in [0.2, 0.25) is 0 Å². The molecule has 0 aromatic carbocycles. The second-order valence-corrected chi connectivity index (χ2v) is 6.60. The molecule has 0 spiro atoms. The molecule has 78 valence electrons. The van der Waals surface area contributed by atoms with E-state index in [0.717, 1.165) is 0 Å². The van der Waals surface area contributed by atoms with E-state index in [4.69, 9.17) is 5.11 Å². The normalized spacial score (nSPS) is 13.3. The Kier molecular flexibility index (Phi) is 3.49. The average Bonchev–Trinajstić information content (AvgIpc) is 1.83. The molecule has 0 rings (SSSR count). The Morgan fingerprint density at radius 2 is 1.77 bits per heavy atom. The molecule has 0 aliphatic heterocycles. The van der Waals surface area contributed by atoms with Gasteiger partial charge in [0.1, 0.15) is 0 Å². The van der Waals surface area contributed by atoms with E-state index in [1.54, 1.807) is 13.8 Å². The van der Waals surface area contributed by atoms with Crippen LogP contribution >= 0.6 is 0 Å². The van der Waals surface area contributed by atoms with Gasteiger partial charge in [0.15, 0.2) is 9.84 Å². The molecule has 0 saturated carbocycles. The van der Waals surface area contributed by atoms with Crippen LogP contribution in [0.2, 0.25) is 0 Å². The first-order valence-electron chi connectivity index (χ1n) is 4.04. The summed E-state index contributed by atoms with van der Waals surface area (Å²) in [5, 5.41) is 8.20. The minimum Gasteiger partial charge on any atom is -0.481 e. The van der Waals surface area contributed by atoms with Crippen molar-refractivity contribution in [1.29, 1.82) is 0 Å². The fourth-order valence-corrected chi connectivity index (χ4v) is 2.19. The van der Waals surface area contributed by atoms with Crippen LogP contribution in [0, 0.1) is 5.41 Å². The van der Waals surface area contributed by atoms with Crippen molar-refractivity contribution < 1.29 is 18.3 Å². The maximum absolute atomic E-state index is 11.4. The van der Waals surface area contributed by atoms with Gasteiger partial charge >= 0.3 is 5.97 Å². The van der Waals surface area contributed by atoms with Gasteiger partial charge in [0, 0.05) is 0 Å². The molecular weight excluding hydrogens is 192 g/mol. The SMILES string of the molecule is CC(C)S(=O)(=O)CC(C)(C)C(=O)O. The standard InChI is InChI=1S/C8H16O4S/c1-6(2)13(11,12)5-8(3,4)7(9)10/h6H,5H2,1-4H3,(H,9,10). The molecule has 0 saturated heterocycles. The summed E-state index contributed by atoms with van der Waals surface area (Å²) in [7, 11) is -3.28. The number of carboxylic acid groups (broad SMARTS) is 1. The van der Waals surface area contributed by atoms with Gasteiger partial charge in [-0.25, -0.2) is 8.42 Å². The fourth-order valence-electron chi connectivity index (χ4n) is 0.731. The Bertz CT molecular complexity index is 287. The van der Waals surface area contributed by atoms with Crippen molar-refractivity contribution in [3.05, 3.63) is 0 Å². The lowest BCUT2D eigenvalue weighted by Crippen LogP contribution is -2.35. The van der Waals surface area contributed by atoms with Crippen molar-refractivity contribution in [3.8, 4) is 0 Å². The van der Waals surface area contributed by atoms with Crippen LogP contribution in [-0.4, -0.2) is 30.5 Å². The summed E-state index contributed by atoms with van der Waals surface area (Å²) < 4.78 is 22.8. The predicted molar refractivity (Wildman–Crippen MR) is 50.3 cm³/mol. The van der Waals surface area contributed by atoms with Crippen molar-refractivity contribution in [2.24, 2.45) is 5.41 Å². The van der Waals surface area contributed by atoms with Crippen LogP contribution in [0.3, 0.4) is 0 Å². The van der Waals surface area contributed by atoms with Gasteiger partial charge in [0.25, 0.3) is 0 Å². The van der Waals surface area contributed by atoms with E-state index >= 15 is 0 Å². The van der Waals surface area contributed by atoms with Crippen molar-refractivity contribution >= 4 is 15.8 Å². The molecule has 0 heterocycles. The summed E-state index contributed by atoms with van der Waals surface area (Å²) in [6.45, 7) is 5.92. The molecule has 4 nitrogen and oxygen atoms in total. The second kappa shape index (κ2) is 3.65. The molecular formula is C8H16O4S. The molecule has 0 atom stereocenters. The van der Waals surface area contributed by atoms with E-state index in [9.17, 15) is 13.2 Å². The summed E-state index contributed by atoms with van der Waals surface area (Å²) in [4.78, 5) is 10.7. The van der Waals surface area contributed by atoms with Gasteiger partial charge in [-0.05, 0) is 27.7 Å². The zero-order valence-electron chi connectivity index (χ0n) is 8.36. The predicted octanol–water partition coefficient (Wildman–Crippen LogP) is 0.920. The van der Waals surface area contributed by atoms with E-state index in [1.807, 2.05) is 0 Å². The van der Waals surface area contributed by atoms with Gasteiger partial charge in [0.05, 0.1) is 16.4 Å². The number of aliphatic carboxylic acids is 1. The minimum atomic E-state index is -3.28. The second-order valence-electron chi connectivity index (χ2n) is 4.04. The summed E-state index contributed by atoms with van der Waals surface area (Å²) in [6.07, 6.45) is 0. The largest absolute Gasteiger partial charge is 0.481 e. The fraction of sp³-hybridized carbons (Fsp3) is 0.875. The Morgan fingerprint density at radius 3 is 2.00 bits per heavy atom. The maximum atomic E-state index is 11.4. The molecule has 0 amide bonds. The Labute approximate surface area is 78.9 Å². The van der Waals surface area contributed by atoms with Gasteiger partial charge in [-0.2, -0.15) is 0 Å². The van der Waals surface area contributed by atoms with Crippen LogP contribution in [0.5, 0.6) is 0 Å². The molecule has 0 aliphatic rings.